The van der Waals surface area contributed by atoms with Gasteiger partial charge in [-0.1, -0.05) is 6.92 Å². The van der Waals surface area contributed by atoms with Crippen molar-refractivity contribution in [1.82, 2.24) is 10.2 Å². The summed E-state index contributed by atoms with van der Waals surface area (Å²) in [5.41, 5.74) is 0. The van der Waals surface area contributed by atoms with E-state index in [0.717, 1.165) is 12.2 Å². The molecule has 0 aliphatic carbocycles. The Bertz CT molecular complexity index is 286. The molecule has 1 saturated heterocycles. The summed E-state index contributed by atoms with van der Waals surface area (Å²) in [6.07, 6.45) is 2.97. The highest BCUT2D eigenvalue weighted by Crippen LogP contribution is 2.22. The maximum absolute atomic E-state index is 11.7. The number of rotatable bonds is 5. The van der Waals surface area contributed by atoms with Gasteiger partial charge in [-0.05, 0) is 24.3 Å². The first-order chi connectivity index (χ1) is 8.06. The summed E-state index contributed by atoms with van der Waals surface area (Å²) in [6, 6.07) is -0.137. The van der Waals surface area contributed by atoms with Crippen LogP contribution in [0.1, 0.15) is 13.3 Å². The van der Waals surface area contributed by atoms with Gasteiger partial charge in [0.25, 0.3) is 0 Å². The fourth-order valence-corrected chi connectivity index (χ4v) is 2.41. The number of urea groups is 1. The number of hydrogen-bond donors (Lipinski definition) is 2. The number of thioether (sulfide) groups is 1. The number of hydrogen-bond acceptors (Lipinski definition) is 3. The number of nitrogens with zero attached hydrogens (tertiary/aromatic N) is 1. The van der Waals surface area contributed by atoms with Crippen molar-refractivity contribution in [3.05, 3.63) is 0 Å². The predicted molar refractivity (Wildman–Crippen MR) is 68.3 cm³/mol. The molecule has 2 unspecified atom stereocenters. The first kappa shape index (κ1) is 14.2. The van der Waals surface area contributed by atoms with Gasteiger partial charge in [0.05, 0.1) is 5.92 Å². The molecule has 0 bridgehead atoms. The normalized spacial score (nSPS) is 23.8. The van der Waals surface area contributed by atoms with E-state index in [0.29, 0.717) is 19.6 Å². The van der Waals surface area contributed by atoms with E-state index in [-0.39, 0.29) is 11.9 Å². The zero-order valence-corrected chi connectivity index (χ0v) is 11.1. The second-order valence-corrected chi connectivity index (χ2v) is 5.39. The molecule has 0 aromatic rings. The molecule has 1 aliphatic rings. The molecule has 98 valence electrons. The third kappa shape index (κ3) is 4.11. The molecule has 0 spiro atoms. The Hall–Kier alpha value is -0.910. The maximum Gasteiger partial charge on any atom is 0.317 e. The second-order valence-electron chi connectivity index (χ2n) is 4.41. The Labute approximate surface area is 106 Å². The van der Waals surface area contributed by atoms with E-state index >= 15 is 0 Å². The molecule has 0 aromatic carbocycles. The van der Waals surface area contributed by atoms with Crippen LogP contribution in [-0.2, 0) is 4.79 Å². The van der Waals surface area contributed by atoms with Crippen molar-refractivity contribution in [3.8, 4) is 0 Å². The van der Waals surface area contributed by atoms with E-state index in [1.165, 1.54) is 0 Å². The lowest BCUT2D eigenvalue weighted by atomic mass is 9.99. The Morgan fingerprint density at radius 1 is 1.47 bits per heavy atom. The minimum Gasteiger partial charge on any atom is -0.481 e. The third-order valence-electron chi connectivity index (χ3n) is 3.02. The number of carboxylic acid groups (broad SMARTS) is 1. The topological polar surface area (TPSA) is 69.6 Å². The lowest BCUT2D eigenvalue weighted by molar-refractivity contribution is -0.142. The van der Waals surface area contributed by atoms with E-state index < -0.39 is 11.9 Å². The van der Waals surface area contributed by atoms with Gasteiger partial charge in [-0.2, -0.15) is 11.8 Å². The van der Waals surface area contributed by atoms with Crippen LogP contribution in [0, 0.1) is 11.8 Å². The van der Waals surface area contributed by atoms with Gasteiger partial charge in [-0.15, -0.1) is 0 Å². The van der Waals surface area contributed by atoms with Crippen LogP contribution in [0.4, 0.5) is 4.79 Å². The number of aliphatic carboxylic acids is 1. The summed E-state index contributed by atoms with van der Waals surface area (Å²) in [7, 11) is 0. The molecule has 2 N–H and O–H groups in total. The number of carbonyl (C=O) groups excluding carboxylic acids is 1. The molecule has 2 atom stereocenters. The molecule has 1 aliphatic heterocycles. The number of carboxylic acids is 1. The Kier molecular flexibility index (Phi) is 5.61. The molecule has 0 saturated carbocycles. The van der Waals surface area contributed by atoms with Crippen LogP contribution in [-0.4, -0.2) is 53.6 Å². The maximum atomic E-state index is 11.7. The summed E-state index contributed by atoms with van der Waals surface area (Å²) in [4.78, 5) is 24.3. The zero-order chi connectivity index (χ0) is 12.8. The standard InChI is InChI=1S/C11H20N2O3S/c1-8-6-13(7-9(8)10(14)15)11(16)12-4-3-5-17-2/h8-9H,3-7H2,1-2H3,(H,12,16)(H,14,15). The highest BCUT2D eigenvalue weighted by Gasteiger charge is 2.36. The number of amides is 2. The van der Waals surface area contributed by atoms with Crippen LogP contribution in [0.15, 0.2) is 0 Å². The van der Waals surface area contributed by atoms with Crippen molar-refractivity contribution in [3.63, 3.8) is 0 Å². The average Bonchev–Trinajstić information content (AvgIpc) is 2.66. The SMILES string of the molecule is CSCCCNC(=O)N1CC(C)C(C(=O)O)C1. The number of nitrogens with one attached hydrogen (secondary N) is 1. The summed E-state index contributed by atoms with van der Waals surface area (Å²) >= 11 is 1.75. The first-order valence-corrected chi connectivity index (χ1v) is 7.20. The quantitative estimate of drug-likeness (QED) is 0.726. The fourth-order valence-electron chi connectivity index (χ4n) is 1.98. The van der Waals surface area contributed by atoms with E-state index in [4.69, 9.17) is 5.11 Å². The Morgan fingerprint density at radius 3 is 2.71 bits per heavy atom. The van der Waals surface area contributed by atoms with Gasteiger partial charge in [-0.3, -0.25) is 4.79 Å². The van der Waals surface area contributed by atoms with Gasteiger partial charge in [0.1, 0.15) is 0 Å². The number of carbonyl (C=O) groups is 2. The van der Waals surface area contributed by atoms with E-state index in [9.17, 15) is 9.59 Å². The largest absolute Gasteiger partial charge is 0.481 e. The molecular weight excluding hydrogens is 240 g/mol. The first-order valence-electron chi connectivity index (χ1n) is 5.80. The molecule has 0 radical (unpaired) electrons. The minimum absolute atomic E-state index is 0.0319. The van der Waals surface area contributed by atoms with Crippen LogP contribution in [0.25, 0.3) is 0 Å². The van der Waals surface area contributed by atoms with E-state index in [1.54, 1.807) is 16.7 Å². The summed E-state index contributed by atoms with van der Waals surface area (Å²) in [6.45, 7) is 3.39. The molecule has 6 heteroatoms. The number of likely N-dealkylation sites (tertiary alicyclic amines) is 1. The van der Waals surface area contributed by atoms with Crippen molar-refractivity contribution < 1.29 is 14.7 Å². The highest BCUT2D eigenvalue weighted by molar-refractivity contribution is 7.98. The smallest absolute Gasteiger partial charge is 0.317 e. The zero-order valence-electron chi connectivity index (χ0n) is 10.3. The van der Waals surface area contributed by atoms with Gasteiger partial charge in [0.15, 0.2) is 0 Å². The second kappa shape index (κ2) is 6.74. The summed E-state index contributed by atoms with van der Waals surface area (Å²) in [5.74, 6) is -0.180. The van der Waals surface area contributed by atoms with Gasteiger partial charge >= 0.3 is 12.0 Å². The van der Waals surface area contributed by atoms with Crippen LogP contribution < -0.4 is 5.32 Å². The summed E-state index contributed by atoms with van der Waals surface area (Å²) in [5, 5.41) is 11.8. The lowest BCUT2D eigenvalue weighted by Gasteiger charge is -2.16. The van der Waals surface area contributed by atoms with Crippen molar-refractivity contribution in [2.24, 2.45) is 11.8 Å². The van der Waals surface area contributed by atoms with Crippen molar-refractivity contribution in [1.29, 1.82) is 0 Å². The summed E-state index contributed by atoms with van der Waals surface area (Å²) < 4.78 is 0. The van der Waals surface area contributed by atoms with Crippen molar-refractivity contribution in [2.75, 3.05) is 31.6 Å². The van der Waals surface area contributed by atoms with Crippen molar-refractivity contribution >= 4 is 23.8 Å². The molecule has 0 aromatic heterocycles. The third-order valence-corrected chi connectivity index (χ3v) is 3.72. The molecule has 5 nitrogen and oxygen atoms in total. The fraction of sp³-hybridized carbons (Fsp3) is 0.818. The minimum atomic E-state index is -0.810. The van der Waals surface area contributed by atoms with Crippen LogP contribution in [0.2, 0.25) is 0 Å². The lowest BCUT2D eigenvalue weighted by Crippen LogP contribution is -2.39. The van der Waals surface area contributed by atoms with Crippen LogP contribution >= 0.6 is 11.8 Å². The molecule has 17 heavy (non-hydrogen) atoms. The molecule has 1 rings (SSSR count). The van der Waals surface area contributed by atoms with Gasteiger partial charge in [0.2, 0.25) is 0 Å². The van der Waals surface area contributed by atoms with Gasteiger partial charge in [0, 0.05) is 19.6 Å². The Morgan fingerprint density at radius 2 is 2.18 bits per heavy atom. The van der Waals surface area contributed by atoms with Crippen molar-refractivity contribution in [2.45, 2.75) is 13.3 Å². The molecule has 2 amide bonds. The Balaban J connectivity index is 2.32. The molecule has 1 heterocycles. The molecule has 1 fully saturated rings. The monoisotopic (exact) mass is 260 g/mol. The van der Waals surface area contributed by atoms with Gasteiger partial charge < -0.3 is 15.3 Å². The molecular formula is C11H20N2O3S. The predicted octanol–water partition coefficient (Wildman–Crippen LogP) is 1.10. The van der Waals surface area contributed by atoms with Crippen LogP contribution in [0.3, 0.4) is 0 Å². The van der Waals surface area contributed by atoms with E-state index in [1.807, 2.05) is 13.2 Å². The van der Waals surface area contributed by atoms with E-state index in [2.05, 4.69) is 5.32 Å². The van der Waals surface area contributed by atoms with Gasteiger partial charge in [-0.25, -0.2) is 4.79 Å². The average molecular weight is 260 g/mol. The van der Waals surface area contributed by atoms with Crippen LogP contribution in [0.5, 0.6) is 0 Å². The highest BCUT2D eigenvalue weighted by atomic mass is 32.2.